The van der Waals surface area contributed by atoms with Crippen molar-refractivity contribution in [3.63, 3.8) is 0 Å². The van der Waals surface area contributed by atoms with Gasteiger partial charge in [0.25, 0.3) is 5.91 Å². The number of hydrogen-bond acceptors (Lipinski definition) is 2. The summed E-state index contributed by atoms with van der Waals surface area (Å²) in [5, 5.41) is 0.614. The Kier molecular flexibility index (Phi) is 6.45. The molecule has 1 aromatic rings. The van der Waals surface area contributed by atoms with E-state index in [-0.39, 0.29) is 11.6 Å². The molecule has 20 heavy (non-hydrogen) atoms. The fourth-order valence-corrected chi connectivity index (χ4v) is 2.04. The van der Waals surface area contributed by atoms with Crippen LogP contribution in [0, 0.1) is 0 Å². The highest BCUT2D eigenvalue weighted by Crippen LogP contribution is 2.28. The van der Waals surface area contributed by atoms with Crippen molar-refractivity contribution < 1.29 is 18.0 Å². The van der Waals surface area contributed by atoms with Crippen molar-refractivity contribution in [3.05, 3.63) is 29.6 Å². The maximum Gasteiger partial charge on any atom is 0.417 e. The van der Waals surface area contributed by atoms with Crippen molar-refractivity contribution in [2.24, 2.45) is 0 Å². The van der Waals surface area contributed by atoms with Crippen LogP contribution in [0.25, 0.3) is 0 Å². The van der Waals surface area contributed by atoms with Gasteiger partial charge < -0.3 is 4.90 Å². The molecule has 0 saturated heterocycles. The van der Waals surface area contributed by atoms with Gasteiger partial charge in [-0.2, -0.15) is 13.2 Å². The first-order valence-electron chi connectivity index (χ1n) is 6.28. The first-order valence-corrected chi connectivity index (χ1v) is 7.40. The lowest BCUT2D eigenvalue weighted by molar-refractivity contribution is -0.137. The van der Waals surface area contributed by atoms with Gasteiger partial charge in [-0.05, 0) is 18.6 Å². The molecule has 0 aromatic carbocycles. The second kappa shape index (κ2) is 7.61. The third-order valence-electron chi connectivity index (χ3n) is 2.73. The van der Waals surface area contributed by atoms with Crippen molar-refractivity contribution >= 4 is 21.8 Å². The molecule has 0 radical (unpaired) electrons. The van der Waals surface area contributed by atoms with Crippen molar-refractivity contribution in [2.75, 3.05) is 18.4 Å². The van der Waals surface area contributed by atoms with E-state index in [4.69, 9.17) is 0 Å². The molecule has 0 saturated carbocycles. The lowest BCUT2D eigenvalue weighted by Gasteiger charge is -2.21. The molecular weight excluding hydrogens is 337 g/mol. The maximum absolute atomic E-state index is 12.4. The van der Waals surface area contributed by atoms with E-state index in [2.05, 4.69) is 20.9 Å². The summed E-state index contributed by atoms with van der Waals surface area (Å²) in [6, 6.07) is 2.00. The molecule has 1 heterocycles. The predicted octanol–water partition coefficient (Wildman–Crippen LogP) is 3.74. The molecule has 0 aliphatic heterocycles. The van der Waals surface area contributed by atoms with Crippen LogP contribution in [0.5, 0.6) is 0 Å². The van der Waals surface area contributed by atoms with E-state index in [0.29, 0.717) is 24.6 Å². The van der Waals surface area contributed by atoms with Crippen LogP contribution in [-0.2, 0) is 6.18 Å². The molecule has 1 aromatic heterocycles. The molecular formula is C13H16BrF3N2O. The van der Waals surface area contributed by atoms with Gasteiger partial charge in [-0.25, -0.2) is 0 Å². The van der Waals surface area contributed by atoms with Crippen molar-refractivity contribution in [2.45, 2.75) is 25.9 Å². The normalized spacial score (nSPS) is 11.4. The highest BCUT2D eigenvalue weighted by atomic mass is 79.9. The van der Waals surface area contributed by atoms with Gasteiger partial charge in [0.15, 0.2) is 0 Å². The zero-order chi connectivity index (χ0) is 15.2. The number of nitrogens with zero attached hydrogens (tertiary/aromatic N) is 2. The van der Waals surface area contributed by atoms with Gasteiger partial charge in [-0.3, -0.25) is 9.78 Å². The molecule has 0 aliphatic rings. The van der Waals surface area contributed by atoms with E-state index in [1.807, 2.05) is 6.92 Å². The number of carbonyl (C=O) groups is 1. The quantitative estimate of drug-likeness (QED) is 0.730. The Balaban J connectivity index is 2.83. The largest absolute Gasteiger partial charge is 0.417 e. The van der Waals surface area contributed by atoms with Crippen molar-refractivity contribution in [1.82, 2.24) is 9.88 Å². The molecule has 0 atom stereocenters. The van der Waals surface area contributed by atoms with Crippen LogP contribution in [0.15, 0.2) is 18.3 Å². The molecule has 0 fully saturated rings. The van der Waals surface area contributed by atoms with E-state index < -0.39 is 11.7 Å². The Bertz CT molecular complexity index is 434. The molecule has 7 heteroatoms. The number of alkyl halides is 4. The Labute approximate surface area is 124 Å². The minimum atomic E-state index is -4.44. The van der Waals surface area contributed by atoms with Gasteiger partial charge in [0.1, 0.15) is 5.69 Å². The van der Waals surface area contributed by atoms with Crippen LogP contribution >= 0.6 is 15.9 Å². The third-order valence-corrected chi connectivity index (χ3v) is 3.09. The van der Waals surface area contributed by atoms with Crippen LogP contribution in [0.1, 0.15) is 35.8 Å². The van der Waals surface area contributed by atoms with Crippen LogP contribution in [-0.4, -0.2) is 34.2 Å². The minimum absolute atomic E-state index is 0.0371. The number of rotatable bonds is 6. The summed E-state index contributed by atoms with van der Waals surface area (Å²) in [6.45, 7) is 3.08. The summed E-state index contributed by atoms with van der Waals surface area (Å²) in [7, 11) is 0. The smallest absolute Gasteiger partial charge is 0.336 e. The molecule has 3 nitrogen and oxygen atoms in total. The van der Waals surface area contributed by atoms with E-state index in [0.717, 1.165) is 25.0 Å². The highest BCUT2D eigenvalue weighted by molar-refractivity contribution is 9.09. The third kappa shape index (κ3) is 4.77. The second-order valence-electron chi connectivity index (χ2n) is 4.26. The molecule has 0 unspecified atom stereocenters. The Hall–Kier alpha value is -1.11. The fraction of sp³-hybridized carbons (Fsp3) is 0.538. The average molecular weight is 353 g/mol. The molecule has 0 N–H and O–H groups in total. The Morgan fingerprint density at radius 3 is 2.50 bits per heavy atom. The number of pyridine rings is 1. The summed E-state index contributed by atoms with van der Waals surface area (Å²) < 4.78 is 37.3. The summed E-state index contributed by atoms with van der Waals surface area (Å²) in [5.74, 6) is -0.341. The van der Waals surface area contributed by atoms with Crippen molar-refractivity contribution in [1.29, 1.82) is 0 Å². The molecule has 112 valence electrons. The van der Waals surface area contributed by atoms with Gasteiger partial charge in [0.2, 0.25) is 0 Å². The number of unbranched alkanes of at least 4 members (excludes halogenated alkanes) is 1. The first kappa shape index (κ1) is 16.9. The number of hydrogen-bond donors (Lipinski definition) is 0. The zero-order valence-electron chi connectivity index (χ0n) is 11.1. The van der Waals surface area contributed by atoms with Gasteiger partial charge in [0, 0.05) is 24.6 Å². The lowest BCUT2D eigenvalue weighted by atomic mass is 10.2. The van der Waals surface area contributed by atoms with Gasteiger partial charge in [-0.15, -0.1) is 0 Å². The highest BCUT2D eigenvalue weighted by Gasteiger charge is 2.31. The fourth-order valence-electron chi connectivity index (χ4n) is 1.62. The predicted molar refractivity (Wildman–Crippen MR) is 73.8 cm³/mol. The van der Waals surface area contributed by atoms with Crippen LogP contribution in [0.3, 0.4) is 0 Å². The molecule has 0 bridgehead atoms. The van der Waals surface area contributed by atoms with E-state index in [1.165, 1.54) is 0 Å². The zero-order valence-corrected chi connectivity index (χ0v) is 12.7. The standard InChI is InChI=1S/C13H16BrF3N2O/c1-2-3-7-19(8-6-14)12(20)11-5-4-10(9-18-11)13(15,16)17/h4-5,9H,2-3,6-8H2,1H3. The Morgan fingerprint density at radius 1 is 1.35 bits per heavy atom. The van der Waals surface area contributed by atoms with Crippen LogP contribution in [0.4, 0.5) is 13.2 Å². The molecule has 1 rings (SSSR count). The summed E-state index contributed by atoms with van der Waals surface area (Å²) in [4.78, 5) is 17.4. The summed E-state index contributed by atoms with van der Waals surface area (Å²) >= 11 is 3.26. The van der Waals surface area contributed by atoms with Crippen LogP contribution < -0.4 is 0 Å². The van der Waals surface area contributed by atoms with Gasteiger partial charge in [-0.1, -0.05) is 29.3 Å². The van der Waals surface area contributed by atoms with Crippen LogP contribution in [0.2, 0.25) is 0 Å². The molecule has 1 amide bonds. The average Bonchev–Trinajstić information content (AvgIpc) is 2.42. The number of amides is 1. The van der Waals surface area contributed by atoms with E-state index in [1.54, 1.807) is 4.90 Å². The monoisotopic (exact) mass is 352 g/mol. The van der Waals surface area contributed by atoms with Gasteiger partial charge in [0.05, 0.1) is 5.56 Å². The maximum atomic E-state index is 12.4. The van der Waals surface area contributed by atoms with E-state index in [9.17, 15) is 18.0 Å². The number of halogens is 4. The minimum Gasteiger partial charge on any atom is -0.336 e. The first-order chi connectivity index (χ1) is 9.40. The molecule has 0 aliphatic carbocycles. The number of carbonyl (C=O) groups excluding carboxylic acids is 1. The Morgan fingerprint density at radius 2 is 2.05 bits per heavy atom. The topological polar surface area (TPSA) is 33.2 Å². The second-order valence-corrected chi connectivity index (χ2v) is 5.06. The summed E-state index contributed by atoms with van der Waals surface area (Å²) in [6.07, 6.45) is -1.96. The SMILES string of the molecule is CCCCN(CCBr)C(=O)c1ccc(C(F)(F)F)cn1. The van der Waals surface area contributed by atoms with E-state index >= 15 is 0 Å². The van der Waals surface area contributed by atoms with Gasteiger partial charge >= 0.3 is 6.18 Å². The number of aromatic nitrogens is 1. The molecule has 0 spiro atoms. The van der Waals surface area contributed by atoms with Crippen molar-refractivity contribution in [3.8, 4) is 0 Å². The lowest BCUT2D eigenvalue weighted by Crippen LogP contribution is -2.34. The summed E-state index contributed by atoms with van der Waals surface area (Å²) in [5.41, 5.74) is -0.815.